The molecule has 1 aliphatic rings. The third kappa shape index (κ3) is 3.25. The molecule has 21 heavy (non-hydrogen) atoms. The van der Waals surface area contributed by atoms with Gasteiger partial charge in [-0.3, -0.25) is 24.3 Å². The maximum absolute atomic E-state index is 12.0. The highest BCUT2D eigenvalue weighted by Crippen LogP contribution is 2.39. The van der Waals surface area contributed by atoms with Gasteiger partial charge in [0, 0.05) is 12.1 Å². The van der Waals surface area contributed by atoms with E-state index < -0.39 is 21.9 Å². The number of hydrogen-bond acceptors (Lipinski definition) is 5. The van der Waals surface area contributed by atoms with Crippen molar-refractivity contribution in [2.24, 2.45) is 5.92 Å². The molecule has 0 spiro atoms. The second-order valence-electron chi connectivity index (χ2n) is 5.25. The Labute approximate surface area is 120 Å². The highest BCUT2D eigenvalue weighted by Gasteiger charge is 2.43. The monoisotopic (exact) mass is 290 g/mol. The summed E-state index contributed by atoms with van der Waals surface area (Å²) in [6, 6.07) is 4.19. The first kappa shape index (κ1) is 14.7. The fourth-order valence-corrected chi connectivity index (χ4v) is 2.12. The van der Waals surface area contributed by atoms with Crippen molar-refractivity contribution in [2.75, 3.05) is 0 Å². The molecule has 0 aliphatic heterocycles. The largest absolute Gasteiger partial charge is 0.336 e. The van der Waals surface area contributed by atoms with Crippen LogP contribution in [0.5, 0.6) is 0 Å². The van der Waals surface area contributed by atoms with Crippen LogP contribution in [0.2, 0.25) is 0 Å². The number of nitrogens with zero attached hydrogens (tertiary/aromatic N) is 3. The molecule has 1 N–H and O–H groups in total. The van der Waals surface area contributed by atoms with E-state index in [1.807, 2.05) is 0 Å². The number of hydrogen-bond donors (Lipinski definition) is 1. The van der Waals surface area contributed by atoms with Gasteiger partial charge in [-0.15, -0.1) is 0 Å². The molecular formula is C13H14N4O4. The Balaban J connectivity index is 2.13. The lowest BCUT2D eigenvalue weighted by atomic mass is 9.98. The predicted molar refractivity (Wildman–Crippen MR) is 72.2 cm³/mol. The number of nitrogens with one attached hydrogen (secondary N) is 1. The zero-order chi connectivity index (χ0) is 15.6. The average molecular weight is 290 g/mol. The molecule has 1 fully saturated rings. The van der Waals surface area contributed by atoms with Crippen molar-refractivity contribution in [1.29, 1.82) is 5.26 Å². The average Bonchev–Trinajstić information content (AvgIpc) is 3.25. The van der Waals surface area contributed by atoms with Crippen molar-refractivity contribution < 1.29 is 9.72 Å². The summed E-state index contributed by atoms with van der Waals surface area (Å²) in [5.74, 6) is -0.401. The van der Waals surface area contributed by atoms with Gasteiger partial charge >= 0.3 is 0 Å². The van der Waals surface area contributed by atoms with Crippen LogP contribution in [0.4, 0.5) is 5.69 Å². The Hall–Kier alpha value is -2.69. The molecule has 1 amide bonds. The van der Waals surface area contributed by atoms with Crippen molar-refractivity contribution >= 4 is 11.6 Å². The van der Waals surface area contributed by atoms with Crippen LogP contribution in [0.25, 0.3) is 0 Å². The van der Waals surface area contributed by atoms with Gasteiger partial charge in [-0.2, -0.15) is 5.26 Å². The molecule has 1 saturated carbocycles. The maximum atomic E-state index is 12.0. The second kappa shape index (κ2) is 5.36. The summed E-state index contributed by atoms with van der Waals surface area (Å²) < 4.78 is 0.957. The number of nitro groups is 1. The Kier molecular flexibility index (Phi) is 3.76. The van der Waals surface area contributed by atoms with E-state index in [-0.39, 0.29) is 18.2 Å². The van der Waals surface area contributed by atoms with E-state index in [4.69, 9.17) is 5.26 Å². The van der Waals surface area contributed by atoms with Gasteiger partial charge in [0.15, 0.2) is 0 Å². The maximum Gasteiger partial charge on any atom is 0.285 e. The molecule has 2 rings (SSSR count). The molecule has 0 radical (unpaired) electrons. The fourth-order valence-electron chi connectivity index (χ4n) is 2.12. The third-order valence-corrected chi connectivity index (χ3v) is 3.52. The van der Waals surface area contributed by atoms with Crippen molar-refractivity contribution in [2.45, 2.75) is 31.8 Å². The Morgan fingerprint density at radius 2 is 2.29 bits per heavy atom. The number of amides is 1. The quantitative estimate of drug-likeness (QED) is 0.628. The van der Waals surface area contributed by atoms with Gasteiger partial charge in [0.2, 0.25) is 5.91 Å². The van der Waals surface area contributed by atoms with Crippen molar-refractivity contribution in [3.8, 4) is 6.07 Å². The molecule has 1 heterocycles. The predicted octanol–water partition coefficient (Wildman–Crippen LogP) is 0.565. The smallest absolute Gasteiger partial charge is 0.285 e. The lowest BCUT2D eigenvalue weighted by Gasteiger charge is -2.22. The van der Waals surface area contributed by atoms with E-state index in [0.29, 0.717) is 0 Å². The molecule has 1 aliphatic carbocycles. The van der Waals surface area contributed by atoms with E-state index in [1.165, 1.54) is 0 Å². The minimum Gasteiger partial charge on any atom is -0.336 e. The summed E-state index contributed by atoms with van der Waals surface area (Å²) in [5, 5.41) is 22.4. The normalized spacial score (nSPS) is 16.6. The highest BCUT2D eigenvalue weighted by molar-refractivity contribution is 5.77. The van der Waals surface area contributed by atoms with Gasteiger partial charge in [-0.25, -0.2) is 0 Å². The molecule has 8 heteroatoms. The SMILES string of the molecule is C[C@@](C#N)(NC(=O)Cn1cc([N+](=O)[O-])ccc1=O)C1CC1. The van der Waals surface area contributed by atoms with E-state index >= 15 is 0 Å². The van der Waals surface area contributed by atoms with Crippen LogP contribution < -0.4 is 10.9 Å². The molecule has 1 aromatic heterocycles. The Bertz CT molecular complexity index is 686. The summed E-state index contributed by atoms with van der Waals surface area (Å²) in [5.41, 5.74) is -1.74. The number of rotatable bonds is 5. The standard InChI is InChI=1S/C13H14N4O4/c1-13(8-14,9-2-3-9)15-11(18)7-16-6-10(17(20)21)4-5-12(16)19/h4-6,9H,2-3,7H2,1H3,(H,15,18)/t13-/m0/s1. The number of carbonyl (C=O) groups is 1. The second-order valence-corrected chi connectivity index (χ2v) is 5.25. The minimum absolute atomic E-state index is 0.119. The zero-order valence-electron chi connectivity index (χ0n) is 11.4. The van der Waals surface area contributed by atoms with Gasteiger partial charge in [-0.05, 0) is 25.7 Å². The molecule has 0 saturated heterocycles. The van der Waals surface area contributed by atoms with Crippen LogP contribution >= 0.6 is 0 Å². The molecule has 110 valence electrons. The van der Waals surface area contributed by atoms with Crippen molar-refractivity contribution in [1.82, 2.24) is 9.88 Å². The minimum atomic E-state index is -0.957. The molecule has 0 aromatic carbocycles. The van der Waals surface area contributed by atoms with E-state index in [9.17, 15) is 19.7 Å². The fraction of sp³-hybridized carbons (Fsp3) is 0.462. The lowest BCUT2D eigenvalue weighted by molar-refractivity contribution is -0.385. The van der Waals surface area contributed by atoms with E-state index in [0.717, 1.165) is 35.7 Å². The molecule has 8 nitrogen and oxygen atoms in total. The first-order valence-electron chi connectivity index (χ1n) is 6.43. The first-order valence-corrected chi connectivity index (χ1v) is 6.43. The molecular weight excluding hydrogens is 276 g/mol. The summed E-state index contributed by atoms with van der Waals surface area (Å²) in [6.45, 7) is 1.28. The molecule has 1 atom stereocenters. The lowest BCUT2D eigenvalue weighted by Crippen LogP contribution is -2.48. The number of carbonyl (C=O) groups excluding carboxylic acids is 1. The topological polar surface area (TPSA) is 118 Å². The van der Waals surface area contributed by atoms with Crippen LogP contribution in [-0.2, 0) is 11.3 Å². The molecule has 0 unspecified atom stereocenters. The summed E-state index contributed by atoms with van der Waals surface area (Å²) in [7, 11) is 0. The highest BCUT2D eigenvalue weighted by atomic mass is 16.6. The Morgan fingerprint density at radius 3 is 2.81 bits per heavy atom. The number of aromatic nitrogens is 1. The summed E-state index contributed by atoms with van der Waals surface area (Å²) in [4.78, 5) is 33.6. The van der Waals surface area contributed by atoms with Gasteiger partial charge in [-0.1, -0.05) is 0 Å². The van der Waals surface area contributed by atoms with E-state index in [1.54, 1.807) is 6.92 Å². The first-order chi connectivity index (χ1) is 9.85. The van der Waals surface area contributed by atoms with E-state index in [2.05, 4.69) is 11.4 Å². The van der Waals surface area contributed by atoms with Crippen molar-refractivity contribution in [3.05, 3.63) is 38.8 Å². The number of nitriles is 1. The summed E-state index contributed by atoms with van der Waals surface area (Å²) in [6.07, 6.45) is 2.77. The van der Waals surface area contributed by atoms with Crippen LogP contribution in [-0.4, -0.2) is 20.9 Å². The van der Waals surface area contributed by atoms with Crippen LogP contribution in [0, 0.1) is 27.4 Å². The Morgan fingerprint density at radius 1 is 1.62 bits per heavy atom. The molecule has 0 bridgehead atoms. The van der Waals surface area contributed by atoms with Gasteiger partial charge in [0.05, 0.1) is 17.2 Å². The van der Waals surface area contributed by atoms with Gasteiger partial charge < -0.3 is 5.32 Å². The van der Waals surface area contributed by atoms with Crippen LogP contribution in [0.3, 0.4) is 0 Å². The third-order valence-electron chi connectivity index (χ3n) is 3.52. The van der Waals surface area contributed by atoms with Crippen LogP contribution in [0.15, 0.2) is 23.1 Å². The molecule has 1 aromatic rings. The van der Waals surface area contributed by atoms with Crippen LogP contribution in [0.1, 0.15) is 19.8 Å². The van der Waals surface area contributed by atoms with Gasteiger partial charge in [0.1, 0.15) is 12.1 Å². The number of pyridine rings is 1. The van der Waals surface area contributed by atoms with Crippen molar-refractivity contribution in [3.63, 3.8) is 0 Å². The van der Waals surface area contributed by atoms with Gasteiger partial charge in [0.25, 0.3) is 11.2 Å². The summed E-state index contributed by atoms with van der Waals surface area (Å²) >= 11 is 0. The zero-order valence-corrected chi connectivity index (χ0v) is 11.4.